The fourth-order valence-corrected chi connectivity index (χ4v) is 8.35. The van der Waals surface area contributed by atoms with Crippen molar-refractivity contribution < 1.29 is 29.1 Å². The van der Waals surface area contributed by atoms with Gasteiger partial charge in [-0.05, 0) is 82.9 Å². The summed E-state index contributed by atoms with van der Waals surface area (Å²) < 4.78 is 12.7. The summed E-state index contributed by atoms with van der Waals surface area (Å²) in [5, 5.41) is 23.5. The lowest BCUT2D eigenvalue weighted by Gasteiger charge is -2.47. The Bertz CT molecular complexity index is 2140. The molecule has 0 saturated carbocycles. The van der Waals surface area contributed by atoms with E-state index in [0.29, 0.717) is 30.4 Å². The van der Waals surface area contributed by atoms with E-state index < -0.39 is 25.1 Å². The highest BCUT2D eigenvalue weighted by Crippen LogP contribution is 2.51. The molecule has 1 aliphatic heterocycles. The minimum absolute atomic E-state index is 0.0191. The lowest BCUT2D eigenvalue weighted by atomic mass is 9.54. The molecule has 2 aliphatic carbocycles. The van der Waals surface area contributed by atoms with Crippen molar-refractivity contribution in [3.8, 4) is 11.5 Å². The van der Waals surface area contributed by atoms with Crippen LogP contribution in [0.4, 0.5) is 0 Å². The van der Waals surface area contributed by atoms with Crippen LogP contribution in [0.25, 0.3) is 22.4 Å². The standard InChI is InChI=1S/C43H37BO6/c45-38-21-19-29(32-15-7-8-16-33(32)38)23-28(27-11-3-1-4-12-27)20-22-39-40-30(26-49-31-13-5-2-6-14-31)24-36-41(37(40)25-44(48)50-39)43(47)35-18-10-9-17-34(35)42(36)46/h1-19,21,23,36-37,39,41,45,48H,20,22,24-26H2/b28-23-/t36-,37+,39-,41-/m1/s1. The summed E-state index contributed by atoms with van der Waals surface area (Å²) in [5.74, 6) is -0.537. The number of carbonyl (C=O) groups is 2. The van der Waals surface area contributed by atoms with Gasteiger partial charge in [-0.1, -0.05) is 109 Å². The number of fused-ring (bicyclic) bond motifs is 5. The van der Waals surface area contributed by atoms with Gasteiger partial charge in [-0.25, -0.2) is 0 Å². The first kappa shape index (κ1) is 32.0. The Balaban J connectivity index is 1.18. The topological polar surface area (TPSA) is 93.1 Å². The van der Waals surface area contributed by atoms with E-state index in [-0.39, 0.29) is 36.2 Å². The third-order valence-electron chi connectivity index (χ3n) is 10.6. The summed E-state index contributed by atoms with van der Waals surface area (Å²) in [7, 11) is -1.07. The number of carbonyl (C=O) groups excluding carboxylic acids is 2. The van der Waals surface area contributed by atoms with Crippen molar-refractivity contribution in [3.05, 3.63) is 155 Å². The average Bonchev–Trinajstić information content (AvgIpc) is 3.15. The normalized spacial score (nSPS) is 21.9. The van der Waals surface area contributed by atoms with Crippen molar-refractivity contribution in [1.29, 1.82) is 0 Å². The molecular weight excluding hydrogens is 623 g/mol. The fraction of sp³-hybridized carbons (Fsp3) is 0.209. The number of allylic oxidation sites excluding steroid dienone is 1. The Hall–Kier alpha value is -5.24. The van der Waals surface area contributed by atoms with E-state index in [9.17, 15) is 19.7 Å². The number of hydrogen-bond acceptors (Lipinski definition) is 6. The molecule has 50 heavy (non-hydrogen) atoms. The number of Topliss-reactive ketones (excluding diaryl/α,β-unsaturated/α-hetero) is 2. The molecule has 0 bridgehead atoms. The number of ether oxygens (including phenoxy) is 1. The average molecular weight is 661 g/mol. The number of rotatable bonds is 8. The van der Waals surface area contributed by atoms with Gasteiger partial charge in [0.1, 0.15) is 18.1 Å². The van der Waals surface area contributed by atoms with Gasteiger partial charge in [-0.2, -0.15) is 0 Å². The molecule has 5 aromatic rings. The second-order valence-corrected chi connectivity index (χ2v) is 13.5. The molecule has 4 atom stereocenters. The van der Waals surface area contributed by atoms with Crippen molar-refractivity contribution in [2.75, 3.05) is 6.61 Å². The first-order valence-corrected chi connectivity index (χ1v) is 17.3. The Labute approximate surface area is 291 Å². The van der Waals surface area contributed by atoms with Crippen LogP contribution in [-0.4, -0.2) is 41.5 Å². The number of aromatic hydroxyl groups is 1. The molecule has 8 rings (SSSR count). The van der Waals surface area contributed by atoms with Crippen molar-refractivity contribution >= 4 is 41.1 Å². The molecule has 1 saturated heterocycles. The van der Waals surface area contributed by atoms with Crippen LogP contribution in [-0.2, 0) is 4.65 Å². The number of ketones is 2. The van der Waals surface area contributed by atoms with E-state index in [1.807, 2.05) is 78.9 Å². The summed E-state index contributed by atoms with van der Waals surface area (Å²) in [6.07, 6.45) is 3.48. The number of para-hydroxylation sites is 1. The molecule has 0 radical (unpaired) electrons. The molecule has 6 nitrogen and oxygen atoms in total. The van der Waals surface area contributed by atoms with Crippen LogP contribution < -0.4 is 4.74 Å². The Kier molecular flexibility index (Phi) is 8.69. The van der Waals surface area contributed by atoms with Crippen LogP contribution in [0.15, 0.2) is 132 Å². The van der Waals surface area contributed by atoms with Gasteiger partial charge < -0.3 is 19.5 Å². The minimum atomic E-state index is -1.07. The lowest BCUT2D eigenvalue weighted by Crippen LogP contribution is -2.51. The van der Waals surface area contributed by atoms with Crippen LogP contribution in [0.1, 0.15) is 51.1 Å². The highest BCUT2D eigenvalue weighted by molar-refractivity contribution is 6.43. The Morgan fingerprint density at radius 2 is 1.44 bits per heavy atom. The molecular formula is C43H37BO6. The van der Waals surface area contributed by atoms with Crippen LogP contribution in [0.3, 0.4) is 0 Å². The molecule has 7 heteroatoms. The monoisotopic (exact) mass is 660 g/mol. The summed E-state index contributed by atoms with van der Waals surface area (Å²) >= 11 is 0. The molecule has 0 aromatic heterocycles. The molecule has 1 fully saturated rings. The van der Waals surface area contributed by atoms with Gasteiger partial charge in [0.05, 0.1) is 6.10 Å². The first-order valence-electron chi connectivity index (χ1n) is 17.3. The molecule has 248 valence electrons. The second-order valence-electron chi connectivity index (χ2n) is 13.5. The van der Waals surface area contributed by atoms with Gasteiger partial charge in [-0.15, -0.1) is 0 Å². The Morgan fingerprint density at radius 3 is 2.20 bits per heavy atom. The molecule has 1 heterocycles. The second kappa shape index (κ2) is 13.6. The highest BCUT2D eigenvalue weighted by Gasteiger charge is 2.53. The van der Waals surface area contributed by atoms with Gasteiger partial charge in [0.25, 0.3) is 0 Å². The number of phenolic OH excluding ortho intramolecular Hbond substituents is 1. The van der Waals surface area contributed by atoms with Crippen LogP contribution >= 0.6 is 0 Å². The van der Waals surface area contributed by atoms with Gasteiger partial charge >= 0.3 is 7.12 Å². The van der Waals surface area contributed by atoms with E-state index in [1.54, 1.807) is 30.3 Å². The maximum Gasteiger partial charge on any atom is 0.455 e. The summed E-state index contributed by atoms with van der Waals surface area (Å²) in [4.78, 5) is 28.2. The fourth-order valence-electron chi connectivity index (χ4n) is 8.35. The zero-order chi connectivity index (χ0) is 34.2. The van der Waals surface area contributed by atoms with Crippen LogP contribution in [0.2, 0.25) is 6.32 Å². The molecule has 2 N–H and O–H groups in total. The van der Waals surface area contributed by atoms with E-state index >= 15 is 0 Å². The zero-order valence-corrected chi connectivity index (χ0v) is 27.6. The van der Waals surface area contributed by atoms with Crippen molar-refractivity contribution in [3.63, 3.8) is 0 Å². The number of phenols is 1. The molecule has 0 spiro atoms. The van der Waals surface area contributed by atoms with Crippen LogP contribution in [0, 0.1) is 17.8 Å². The number of hydrogen-bond donors (Lipinski definition) is 2. The van der Waals surface area contributed by atoms with Crippen LogP contribution in [0.5, 0.6) is 11.5 Å². The maximum atomic E-state index is 14.2. The maximum absolute atomic E-state index is 14.2. The van der Waals surface area contributed by atoms with Gasteiger partial charge in [-0.3, -0.25) is 9.59 Å². The predicted molar refractivity (Wildman–Crippen MR) is 196 cm³/mol. The molecule has 5 aromatic carbocycles. The van der Waals surface area contributed by atoms with Crippen molar-refractivity contribution in [2.24, 2.45) is 17.8 Å². The van der Waals surface area contributed by atoms with E-state index in [0.717, 1.165) is 44.4 Å². The van der Waals surface area contributed by atoms with Crippen molar-refractivity contribution in [2.45, 2.75) is 31.7 Å². The van der Waals surface area contributed by atoms with E-state index in [2.05, 4.69) is 18.2 Å². The zero-order valence-electron chi connectivity index (χ0n) is 27.6. The third-order valence-corrected chi connectivity index (χ3v) is 10.6. The highest BCUT2D eigenvalue weighted by atomic mass is 16.5. The predicted octanol–water partition coefficient (Wildman–Crippen LogP) is 8.45. The minimum Gasteiger partial charge on any atom is -0.507 e. The summed E-state index contributed by atoms with van der Waals surface area (Å²) in [6.45, 7) is 0.263. The van der Waals surface area contributed by atoms with Gasteiger partial charge in [0.2, 0.25) is 0 Å². The SMILES string of the molecule is O=C1c2ccccc2C(=O)[C@@H]2CC(COc3ccccc3)=C3[C@@H](CC/C(=C/c4ccc(O)c5ccccc45)c4ccccc4)OB(O)C[C@@H]3[C@H]12. The first-order chi connectivity index (χ1) is 24.5. The quantitative estimate of drug-likeness (QED) is 0.0986. The summed E-state index contributed by atoms with van der Waals surface area (Å²) in [5.41, 5.74) is 6.02. The Morgan fingerprint density at radius 1 is 0.780 bits per heavy atom. The lowest BCUT2D eigenvalue weighted by molar-refractivity contribution is 0.0593. The molecule has 3 aliphatic rings. The van der Waals surface area contributed by atoms with Gasteiger partial charge in [0.15, 0.2) is 11.6 Å². The molecule has 0 amide bonds. The van der Waals surface area contributed by atoms with E-state index in [4.69, 9.17) is 9.39 Å². The van der Waals surface area contributed by atoms with Crippen molar-refractivity contribution in [1.82, 2.24) is 0 Å². The smallest absolute Gasteiger partial charge is 0.455 e. The molecule has 0 unspecified atom stereocenters. The largest absolute Gasteiger partial charge is 0.507 e. The van der Waals surface area contributed by atoms with E-state index in [1.165, 1.54) is 0 Å². The number of benzene rings is 5. The third kappa shape index (κ3) is 5.97. The van der Waals surface area contributed by atoms with Gasteiger partial charge in [0, 0.05) is 28.3 Å². The summed E-state index contributed by atoms with van der Waals surface area (Å²) in [6, 6.07) is 38.4.